The number of benzene rings is 2. The summed E-state index contributed by atoms with van der Waals surface area (Å²) in [6.07, 6.45) is 2.79. The van der Waals surface area contributed by atoms with Gasteiger partial charge in [-0.15, -0.1) is 0 Å². The molecule has 252 valence electrons. The van der Waals surface area contributed by atoms with Crippen molar-refractivity contribution in [3.63, 3.8) is 0 Å². The number of aromatic nitrogens is 1. The molecule has 4 rings (SSSR count). The van der Waals surface area contributed by atoms with Crippen LogP contribution in [0.15, 0.2) is 85.1 Å². The van der Waals surface area contributed by atoms with Crippen molar-refractivity contribution in [2.24, 2.45) is 0 Å². The molecule has 1 saturated heterocycles. The van der Waals surface area contributed by atoms with E-state index >= 15 is 0 Å². The molecular formula is C36H46N4O7. The molecule has 47 heavy (non-hydrogen) atoms. The van der Waals surface area contributed by atoms with E-state index in [0.717, 1.165) is 56.8 Å². The van der Waals surface area contributed by atoms with Crippen molar-refractivity contribution in [3.05, 3.63) is 107 Å². The normalized spacial score (nSPS) is 15.2. The van der Waals surface area contributed by atoms with E-state index in [1.165, 1.54) is 11.1 Å². The second-order valence-corrected chi connectivity index (χ2v) is 11.7. The van der Waals surface area contributed by atoms with Crippen LogP contribution >= 0.6 is 0 Å². The van der Waals surface area contributed by atoms with Gasteiger partial charge in [0.2, 0.25) is 5.91 Å². The zero-order valence-electron chi connectivity index (χ0n) is 27.0. The molecular weight excluding hydrogens is 600 g/mol. The molecule has 1 aliphatic rings. The highest BCUT2D eigenvalue weighted by Crippen LogP contribution is 2.29. The Morgan fingerprint density at radius 3 is 1.83 bits per heavy atom. The van der Waals surface area contributed by atoms with Crippen LogP contribution in [0.2, 0.25) is 0 Å². The van der Waals surface area contributed by atoms with E-state index < -0.39 is 24.1 Å². The van der Waals surface area contributed by atoms with Crippen molar-refractivity contribution in [2.75, 3.05) is 39.3 Å². The topological polar surface area (TPSA) is 164 Å². The first kappa shape index (κ1) is 37.0. The van der Waals surface area contributed by atoms with Gasteiger partial charge in [0.25, 0.3) is 0 Å². The van der Waals surface area contributed by atoms with E-state index in [2.05, 4.69) is 94.6 Å². The van der Waals surface area contributed by atoms with Crippen molar-refractivity contribution >= 4 is 23.9 Å². The van der Waals surface area contributed by atoms with Gasteiger partial charge in [-0.25, -0.2) is 9.59 Å². The third-order valence-corrected chi connectivity index (χ3v) is 7.84. The van der Waals surface area contributed by atoms with E-state index in [1.807, 2.05) is 24.4 Å². The molecule has 11 nitrogen and oxygen atoms in total. The van der Waals surface area contributed by atoms with Crippen LogP contribution in [0.3, 0.4) is 0 Å². The Hall–Kier alpha value is -4.42. The van der Waals surface area contributed by atoms with E-state index in [-0.39, 0.29) is 5.91 Å². The number of carbonyl (C=O) groups is 3. The number of carboxylic acids is 2. The molecule has 11 heteroatoms. The number of unbranched alkanes of at least 4 members (excludes halogenated alkanes) is 1. The molecule has 5 N–H and O–H groups in total. The van der Waals surface area contributed by atoms with E-state index in [4.69, 9.17) is 20.4 Å². The predicted octanol–water partition coefficient (Wildman–Crippen LogP) is 3.40. The second-order valence-electron chi connectivity index (χ2n) is 11.7. The zero-order valence-corrected chi connectivity index (χ0v) is 27.0. The number of hydrogen-bond acceptors (Lipinski definition) is 8. The zero-order chi connectivity index (χ0) is 34.2. The number of pyridine rings is 1. The van der Waals surface area contributed by atoms with Gasteiger partial charge in [0.15, 0.2) is 12.2 Å². The summed E-state index contributed by atoms with van der Waals surface area (Å²) < 4.78 is 0. The van der Waals surface area contributed by atoms with Gasteiger partial charge >= 0.3 is 11.9 Å². The van der Waals surface area contributed by atoms with Crippen LogP contribution in [0.25, 0.3) is 6.08 Å². The number of aliphatic hydroxyl groups is 2. The van der Waals surface area contributed by atoms with Crippen LogP contribution < -0.4 is 5.32 Å². The van der Waals surface area contributed by atoms with Crippen molar-refractivity contribution in [1.82, 2.24) is 20.1 Å². The summed E-state index contributed by atoms with van der Waals surface area (Å²) in [5.41, 5.74) is 4.72. The van der Waals surface area contributed by atoms with Gasteiger partial charge in [0.05, 0.1) is 6.04 Å². The number of rotatable bonds is 14. The van der Waals surface area contributed by atoms with Crippen molar-refractivity contribution < 1.29 is 34.8 Å². The molecule has 3 aromatic rings. The van der Waals surface area contributed by atoms with Gasteiger partial charge in [-0.05, 0) is 54.1 Å². The monoisotopic (exact) mass is 646 g/mol. The van der Waals surface area contributed by atoms with E-state index in [1.54, 1.807) is 6.08 Å². The molecule has 0 bridgehead atoms. The summed E-state index contributed by atoms with van der Waals surface area (Å²) in [5, 5.41) is 35.5. The number of aliphatic hydroxyl groups excluding tert-OH is 2. The smallest absolute Gasteiger partial charge is 0.335 e. The minimum Gasteiger partial charge on any atom is -0.479 e. The molecule has 1 fully saturated rings. The fourth-order valence-electron chi connectivity index (χ4n) is 5.16. The number of nitrogens with one attached hydrogen (secondary N) is 1. The lowest BCUT2D eigenvalue weighted by atomic mass is 9.96. The molecule has 1 amide bonds. The first-order chi connectivity index (χ1) is 22.6. The molecule has 0 radical (unpaired) electrons. The van der Waals surface area contributed by atoms with Crippen LogP contribution in [-0.2, 0) is 14.4 Å². The minimum absolute atomic E-state index is 0.0468. The highest BCUT2D eigenvalue weighted by molar-refractivity contribution is 5.91. The Kier molecular flexibility index (Phi) is 15.2. The summed E-state index contributed by atoms with van der Waals surface area (Å²) >= 11 is 0. The molecule has 0 aliphatic carbocycles. The Labute approximate surface area is 276 Å². The number of amides is 1. The SMILES string of the molecule is CC(C)c1ccc(/C=C/C(=O)NCCCCN2CCN(C(c3ccccc3)c3ccccc3)CC2)cn1.O=C(O)C(O)C(O)C(=O)O. The number of aliphatic carboxylic acids is 2. The first-order valence-electron chi connectivity index (χ1n) is 15.9. The molecule has 2 heterocycles. The van der Waals surface area contributed by atoms with Crippen molar-refractivity contribution in [2.45, 2.75) is 50.9 Å². The van der Waals surface area contributed by atoms with Gasteiger partial charge in [-0.2, -0.15) is 0 Å². The van der Waals surface area contributed by atoms with Gasteiger partial charge in [0, 0.05) is 50.7 Å². The van der Waals surface area contributed by atoms with Crippen molar-refractivity contribution in [3.8, 4) is 0 Å². The summed E-state index contributed by atoms with van der Waals surface area (Å²) in [7, 11) is 0. The fourth-order valence-corrected chi connectivity index (χ4v) is 5.16. The summed E-state index contributed by atoms with van der Waals surface area (Å²) in [6.45, 7) is 10.3. The minimum atomic E-state index is -2.27. The van der Waals surface area contributed by atoms with Crippen LogP contribution in [0.4, 0.5) is 0 Å². The Balaban J connectivity index is 0.000000520. The number of nitrogens with zero attached hydrogens (tertiary/aromatic N) is 3. The maximum atomic E-state index is 12.2. The van der Waals surface area contributed by atoms with Crippen LogP contribution in [0.1, 0.15) is 61.0 Å². The Morgan fingerprint density at radius 1 is 0.809 bits per heavy atom. The summed E-state index contributed by atoms with van der Waals surface area (Å²) in [5.74, 6) is -3.18. The van der Waals surface area contributed by atoms with Gasteiger partial charge < -0.3 is 30.6 Å². The number of piperazine rings is 1. The third-order valence-electron chi connectivity index (χ3n) is 7.84. The second kappa shape index (κ2) is 19.3. The van der Waals surface area contributed by atoms with Crippen LogP contribution in [0.5, 0.6) is 0 Å². The quantitative estimate of drug-likeness (QED) is 0.130. The molecule has 2 atom stereocenters. The summed E-state index contributed by atoms with van der Waals surface area (Å²) in [6, 6.07) is 26.0. The Bertz CT molecular complexity index is 1350. The number of carboxylic acid groups (broad SMARTS) is 2. The van der Waals surface area contributed by atoms with Crippen LogP contribution in [-0.4, -0.2) is 105 Å². The van der Waals surface area contributed by atoms with Gasteiger partial charge in [0.1, 0.15) is 0 Å². The summed E-state index contributed by atoms with van der Waals surface area (Å²) in [4.78, 5) is 41.3. The average Bonchev–Trinajstić information content (AvgIpc) is 3.08. The van der Waals surface area contributed by atoms with Crippen LogP contribution in [0, 0.1) is 0 Å². The molecule has 2 aromatic carbocycles. The van der Waals surface area contributed by atoms with Crippen molar-refractivity contribution in [1.29, 1.82) is 0 Å². The highest BCUT2D eigenvalue weighted by Gasteiger charge is 2.29. The highest BCUT2D eigenvalue weighted by atomic mass is 16.4. The Morgan fingerprint density at radius 2 is 1.36 bits per heavy atom. The molecule has 2 unspecified atom stereocenters. The maximum absolute atomic E-state index is 12.2. The van der Waals surface area contributed by atoms with E-state index in [0.29, 0.717) is 18.5 Å². The fraction of sp³-hybridized carbons (Fsp3) is 0.389. The first-order valence-corrected chi connectivity index (χ1v) is 15.9. The van der Waals surface area contributed by atoms with Gasteiger partial charge in [-0.1, -0.05) is 80.6 Å². The standard InChI is InChI=1S/C32H40N4O.C4H6O6/c1-26(2)30-17-15-27(25-34-30)16-18-31(37)33-19-9-10-20-35-21-23-36(24-22-35)32(28-11-5-3-6-12-28)29-13-7-4-8-14-29;5-1(3(7)8)2(6)4(9)10/h3-8,11-18,25-26,32H,9-10,19-24H2,1-2H3,(H,33,37);1-2,5-6H,(H,7,8)(H,9,10)/b18-16+;. The number of carbonyl (C=O) groups excluding carboxylic acids is 1. The van der Waals surface area contributed by atoms with E-state index in [9.17, 15) is 14.4 Å². The molecule has 0 spiro atoms. The maximum Gasteiger partial charge on any atom is 0.335 e. The predicted molar refractivity (Wildman–Crippen MR) is 180 cm³/mol. The lowest BCUT2D eigenvalue weighted by Crippen LogP contribution is -2.48. The lowest BCUT2D eigenvalue weighted by molar-refractivity contribution is -0.165. The molecule has 1 aromatic heterocycles. The molecule has 0 saturated carbocycles. The largest absolute Gasteiger partial charge is 0.479 e. The average molecular weight is 647 g/mol. The third kappa shape index (κ3) is 12.4. The molecule has 1 aliphatic heterocycles. The number of hydrogen-bond donors (Lipinski definition) is 5. The van der Waals surface area contributed by atoms with Gasteiger partial charge in [-0.3, -0.25) is 14.7 Å². The lowest BCUT2D eigenvalue weighted by Gasteiger charge is -2.39.